The lowest BCUT2D eigenvalue weighted by Crippen LogP contribution is -2.56. The number of amides is 4. The first-order chi connectivity index (χ1) is 17.0. The maximum atomic E-state index is 13.0. The van der Waals surface area contributed by atoms with Gasteiger partial charge in [-0.1, -0.05) is 30.3 Å². The molecular weight excluding hydrogens is 464 g/mol. The van der Waals surface area contributed by atoms with Gasteiger partial charge in [-0.05, 0) is 63.4 Å². The normalized spacial score (nSPS) is 17.2. The van der Waals surface area contributed by atoms with Crippen LogP contribution in [0.15, 0.2) is 42.5 Å². The zero-order valence-electron chi connectivity index (χ0n) is 21.0. The lowest BCUT2D eigenvalue weighted by Gasteiger charge is -2.29. The van der Waals surface area contributed by atoms with Gasteiger partial charge in [0, 0.05) is 12.2 Å². The van der Waals surface area contributed by atoms with E-state index >= 15 is 0 Å². The smallest absolute Gasteiger partial charge is 0.408 e. The molecule has 4 N–H and O–H groups in total. The predicted octanol–water partition coefficient (Wildman–Crippen LogP) is 2.16. The van der Waals surface area contributed by atoms with Crippen molar-refractivity contribution in [3.63, 3.8) is 0 Å². The molecule has 4 amide bonds. The van der Waals surface area contributed by atoms with E-state index in [-0.39, 0.29) is 0 Å². The monoisotopic (exact) mass is 498 g/mol. The summed E-state index contributed by atoms with van der Waals surface area (Å²) in [5.41, 5.74) is -0.179. The van der Waals surface area contributed by atoms with Gasteiger partial charge in [-0.25, -0.2) is 4.79 Å². The molecule has 1 aliphatic rings. The predicted molar refractivity (Wildman–Crippen MR) is 135 cm³/mol. The van der Waals surface area contributed by atoms with E-state index in [0.29, 0.717) is 25.1 Å². The minimum absolute atomic E-state index is 0.338. The van der Waals surface area contributed by atoms with E-state index in [9.17, 15) is 24.3 Å². The molecule has 10 heteroatoms. The SMILES string of the molecule is C[C@H](NC(=O)OC(C)(C)C)C(=O)N1CCC[C@H]1C(=O)N[C@@H](CO)C(=O)Nc1ccc2ccccc2c1. The third kappa shape index (κ3) is 6.94. The number of aliphatic hydroxyl groups excluding tert-OH is 1. The fourth-order valence-electron chi connectivity index (χ4n) is 4.06. The highest BCUT2D eigenvalue weighted by Crippen LogP contribution is 2.20. The molecule has 2 aromatic carbocycles. The molecule has 1 heterocycles. The van der Waals surface area contributed by atoms with Crippen LogP contribution in [0.4, 0.5) is 10.5 Å². The van der Waals surface area contributed by atoms with Crippen molar-refractivity contribution in [3.8, 4) is 0 Å². The second-order valence-electron chi connectivity index (χ2n) is 9.85. The summed E-state index contributed by atoms with van der Waals surface area (Å²) in [5.74, 6) is -1.55. The number of aliphatic hydroxyl groups is 1. The van der Waals surface area contributed by atoms with Crippen LogP contribution >= 0.6 is 0 Å². The average Bonchev–Trinajstić information content (AvgIpc) is 3.30. The van der Waals surface area contributed by atoms with E-state index in [0.717, 1.165) is 10.8 Å². The summed E-state index contributed by atoms with van der Waals surface area (Å²) in [6.07, 6.45) is 0.270. The molecule has 3 atom stereocenters. The second-order valence-corrected chi connectivity index (χ2v) is 9.85. The fraction of sp³-hybridized carbons (Fsp3) is 0.462. The van der Waals surface area contributed by atoms with E-state index in [1.807, 2.05) is 30.3 Å². The van der Waals surface area contributed by atoms with Crippen molar-refractivity contribution < 1.29 is 29.0 Å². The van der Waals surface area contributed by atoms with Crippen molar-refractivity contribution >= 4 is 40.3 Å². The minimum atomic E-state index is -1.20. The summed E-state index contributed by atoms with van der Waals surface area (Å²) < 4.78 is 5.19. The maximum Gasteiger partial charge on any atom is 0.408 e. The molecule has 0 saturated carbocycles. The van der Waals surface area contributed by atoms with Gasteiger partial charge in [-0.3, -0.25) is 14.4 Å². The molecule has 0 radical (unpaired) electrons. The molecule has 36 heavy (non-hydrogen) atoms. The molecular formula is C26H34N4O6. The van der Waals surface area contributed by atoms with E-state index in [1.54, 1.807) is 32.9 Å². The Morgan fingerprint density at radius 1 is 1.08 bits per heavy atom. The van der Waals surface area contributed by atoms with Crippen LogP contribution < -0.4 is 16.0 Å². The second kappa shape index (κ2) is 11.4. The number of nitrogens with zero attached hydrogens (tertiary/aromatic N) is 1. The van der Waals surface area contributed by atoms with E-state index < -0.39 is 54.1 Å². The Morgan fingerprint density at radius 2 is 1.78 bits per heavy atom. The molecule has 0 spiro atoms. The summed E-state index contributed by atoms with van der Waals surface area (Å²) in [4.78, 5) is 52.1. The lowest BCUT2D eigenvalue weighted by atomic mass is 10.1. The van der Waals surface area contributed by atoms with Crippen molar-refractivity contribution in [1.29, 1.82) is 0 Å². The summed E-state index contributed by atoms with van der Waals surface area (Å²) in [7, 11) is 0. The number of carbonyl (C=O) groups is 4. The highest BCUT2D eigenvalue weighted by molar-refractivity contribution is 6.00. The third-order valence-corrected chi connectivity index (χ3v) is 5.77. The molecule has 10 nitrogen and oxygen atoms in total. The highest BCUT2D eigenvalue weighted by atomic mass is 16.6. The first kappa shape index (κ1) is 26.9. The largest absolute Gasteiger partial charge is 0.444 e. The van der Waals surface area contributed by atoms with Gasteiger partial charge in [-0.15, -0.1) is 0 Å². The highest BCUT2D eigenvalue weighted by Gasteiger charge is 2.38. The zero-order chi connectivity index (χ0) is 26.5. The first-order valence-electron chi connectivity index (χ1n) is 12.0. The Balaban J connectivity index is 1.60. The molecule has 0 aromatic heterocycles. The molecule has 1 fully saturated rings. The van der Waals surface area contributed by atoms with Crippen molar-refractivity contribution in [2.24, 2.45) is 0 Å². The number of carbonyl (C=O) groups excluding carboxylic acids is 4. The molecule has 0 aliphatic carbocycles. The zero-order valence-corrected chi connectivity index (χ0v) is 21.0. The quantitative estimate of drug-likeness (QED) is 0.462. The Hall–Kier alpha value is -3.66. The molecule has 0 bridgehead atoms. The van der Waals surface area contributed by atoms with Gasteiger partial charge in [0.05, 0.1) is 6.61 Å². The van der Waals surface area contributed by atoms with Crippen LogP contribution in [-0.2, 0) is 19.1 Å². The van der Waals surface area contributed by atoms with Crippen molar-refractivity contribution in [3.05, 3.63) is 42.5 Å². The van der Waals surface area contributed by atoms with Gasteiger partial charge in [-0.2, -0.15) is 0 Å². The number of alkyl carbamates (subject to hydrolysis) is 1. The summed E-state index contributed by atoms with van der Waals surface area (Å²) >= 11 is 0. The fourth-order valence-corrected chi connectivity index (χ4v) is 4.06. The van der Waals surface area contributed by atoms with E-state index in [1.165, 1.54) is 11.8 Å². The Bertz CT molecular complexity index is 1130. The van der Waals surface area contributed by atoms with Crippen LogP contribution in [-0.4, -0.2) is 70.7 Å². The number of hydrogen-bond acceptors (Lipinski definition) is 6. The number of fused-ring (bicyclic) bond motifs is 1. The van der Waals surface area contributed by atoms with Crippen LogP contribution in [0, 0.1) is 0 Å². The lowest BCUT2D eigenvalue weighted by molar-refractivity contribution is -0.140. The molecule has 2 aromatic rings. The summed E-state index contributed by atoms with van der Waals surface area (Å²) in [6, 6.07) is 10.2. The van der Waals surface area contributed by atoms with Crippen LogP contribution in [0.2, 0.25) is 0 Å². The third-order valence-electron chi connectivity index (χ3n) is 5.77. The number of rotatable bonds is 7. The van der Waals surface area contributed by atoms with Crippen LogP contribution in [0.5, 0.6) is 0 Å². The van der Waals surface area contributed by atoms with Gasteiger partial charge in [0.25, 0.3) is 0 Å². The van der Waals surface area contributed by atoms with Crippen molar-refractivity contribution in [2.75, 3.05) is 18.5 Å². The Labute approximate surface area is 210 Å². The molecule has 194 valence electrons. The van der Waals surface area contributed by atoms with Crippen LogP contribution in [0.1, 0.15) is 40.5 Å². The summed E-state index contributed by atoms with van der Waals surface area (Å²) in [5, 5.41) is 19.5. The number of benzene rings is 2. The number of nitrogens with one attached hydrogen (secondary N) is 3. The number of hydrogen-bond donors (Lipinski definition) is 4. The van der Waals surface area contributed by atoms with Gasteiger partial charge >= 0.3 is 6.09 Å². The van der Waals surface area contributed by atoms with Crippen LogP contribution in [0.3, 0.4) is 0 Å². The van der Waals surface area contributed by atoms with Gasteiger partial charge in [0.1, 0.15) is 23.7 Å². The van der Waals surface area contributed by atoms with Crippen molar-refractivity contribution in [1.82, 2.24) is 15.5 Å². The Kier molecular flexibility index (Phi) is 8.52. The average molecular weight is 499 g/mol. The standard InChI is InChI=1S/C26H34N4O6/c1-16(27-25(35)36-26(2,3)4)24(34)30-13-7-10-21(30)23(33)29-20(15-31)22(32)28-19-12-11-17-8-5-6-9-18(17)14-19/h5-6,8-9,11-12,14,16,20-21,31H,7,10,13,15H2,1-4H3,(H,27,35)(H,28,32)(H,29,33)/t16-,20-,21-/m0/s1. The van der Waals surface area contributed by atoms with Gasteiger partial charge in [0.2, 0.25) is 17.7 Å². The maximum absolute atomic E-state index is 13.0. The summed E-state index contributed by atoms with van der Waals surface area (Å²) in [6.45, 7) is 6.40. The van der Waals surface area contributed by atoms with Gasteiger partial charge in [0.15, 0.2) is 0 Å². The molecule has 1 saturated heterocycles. The number of anilines is 1. The van der Waals surface area contributed by atoms with Gasteiger partial charge < -0.3 is 30.7 Å². The Morgan fingerprint density at radius 3 is 2.44 bits per heavy atom. The minimum Gasteiger partial charge on any atom is -0.444 e. The number of ether oxygens (including phenoxy) is 1. The number of likely N-dealkylation sites (tertiary alicyclic amines) is 1. The topological polar surface area (TPSA) is 137 Å². The van der Waals surface area contributed by atoms with Crippen molar-refractivity contribution in [2.45, 2.75) is 64.3 Å². The van der Waals surface area contributed by atoms with E-state index in [4.69, 9.17) is 4.74 Å². The molecule has 3 rings (SSSR count). The first-order valence-corrected chi connectivity index (χ1v) is 12.0. The molecule has 1 aliphatic heterocycles. The van der Waals surface area contributed by atoms with E-state index in [2.05, 4.69) is 16.0 Å². The molecule has 0 unspecified atom stereocenters. The van der Waals surface area contributed by atoms with Crippen LogP contribution in [0.25, 0.3) is 10.8 Å².